The summed E-state index contributed by atoms with van der Waals surface area (Å²) in [6.45, 7) is 4.17. The van der Waals surface area contributed by atoms with Crippen molar-refractivity contribution in [3.63, 3.8) is 0 Å². The van der Waals surface area contributed by atoms with E-state index < -0.39 is 11.9 Å². The maximum Gasteiger partial charge on any atom is 0.307 e. The first kappa shape index (κ1) is 14.4. The number of carbonyl (C=O) groups is 2. The van der Waals surface area contributed by atoms with Gasteiger partial charge in [-0.3, -0.25) is 9.59 Å². The molecule has 0 aromatic carbocycles. The molecule has 3 atom stereocenters. The highest BCUT2D eigenvalue weighted by Gasteiger charge is 2.45. The van der Waals surface area contributed by atoms with Gasteiger partial charge in [-0.15, -0.1) is 0 Å². The fraction of sp³-hybridized carbons (Fsp3) is 0.867. The summed E-state index contributed by atoms with van der Waals surface area (Å²) in [5.74, 6) is -1.26. The molecule has 0 heterocycles. The Bertz CT molecular complexity index is 357. The van der Waals surface area contributed by atoms with E-state index in [-0.39, 0.29) is 17.4 Å². The fourth-order valence-corrected chi connectivity index (χ4v) is 3.56. The number of hydrogen-bond acceptors (Lipinski definition) is 2. The highest BCUT2D eigenvalue weighted by atomic mass is 16.4. The van der Waals surface area contributed by atoms with Crippen LogP contribution in [0.5, 0.6) is 0 Å². The van der Waals surface area contributed by atoms with E-state index in [2.05, 4.69) is 19.2 Å². The molecule has 0 aliphatic heterocycles. The number of aliphatic carboxylic acids is 1. The monoisotopic (exact) mass is 267 g/mol. The molecule has 0 aromatic heterocycles. The maximum absolute atomic E-state index is 12.4. The second-order valence-electron chi connectivity index (χ2n) is 6.27. The number of carboxylic acid groups (broad SMARTS) is 1. The van der Waals surface area contributed by atoms with E-state index in [1.54, 1.807) is 0 Å². The van der Waals surface area contributed by atoms with Gasteiger partial charge >= 0.3 is 5.97 Å². The standard InChI is InChI=1S/C15H25NO3/c1-3-10-8-11(12(9-10)14(18)19)13(17)16-15(4-2)6-5-7-15/h10-12H,3-9H2,1-2H3,(H,16,17)(H,18,19)/t10?,11-,12+/m0/s1. The predicted molar refractivity (Wildman–Crippen MR) is 72.6 cm³/mol. The molecule has 1 amide bonds. The second kappa shape index (κ2) is 5.51. The summed E-state index contributed by atoms with van der Waals surface area (Å²) in [5.41, 5.74) is -0.0373. The molecule has 19 heavy (non-hydrogen) atoms. The lowest BCUT2D eigenvalue weighted by atomic mass is 9.74. The van der Waals surface area contributed by atoms with Crippen LogP contribution in [0.15, 0.2) is 0 Å². The summed E-state index contributed by atoms with van der Waals surface area (Å²) in [7, 11) is 0. The van der Waals surface area contributed by atoms with Crippen LogP contribution in [0.25, 0.3) is 0 Å². The average Bonchev–Trinajstić information content (AvgIpc) is 2.78. The molecule has 2 fully saturated rings. The van der Waals surface area contributed by atoms with Crippen LogP contribution < -0.4 is 5.32 Å². The number of rotatable bonds is 5. The van der Waals surface area contributed by atoms with Gasteiger partial charge < -0.3 is 10.4 Å². The molecule has 0 bridgehead atoms. The number of hydrogen-bond donors (Lipinski definition) is 2. The molecule has 4 heteroatoms. The second-order valence-corrected chi connectivity index (χ2v) is 6.27. The van der Waals surface area contributed by atoms with Crippen molar-refractivity contribution in [1.82, 2.24) is 5.32 Å². The van der Waals surface area contributed by atoms with Crippen molar-refractivity contribution in [3.8, 4) is 0 Å². The molecule has 2 saturated carbocycles. The zero-order valence-electron chi connectivity index (χ0n) is 11.9. The SMILES string of the molecule is CCC1C[C@H](C(=O)NC2(CC)CCC2)[C@H](C(=O)O)C1. The molecule has 0 radical (unpaired) electrons. The van der Waals surface area contributed by atoms with Crippen LogP contribution >= 0.6 is 0 Å². The molecule has 2 N–H and O–H groups in total. The molecule has 108 valence electrons. The van der Waals surface area contributed by atoms with Gasteiger partial charge in [-0.2, -0.15) is 0 Å². The van der Waals surface area contributed by atoms with Crippen molar-refractivity contribution in [1.29, 1.82) is 0 Å². The van der Waals surface area contributed by atoms with E-state index in [0.717, 1.165) is 32.1 Å². The highest BCUT2D eigenvalue weighted by Crippen LogP contribution is 2.40. The average molecular weight is 267 g/mol. The minimum absolute atomic E-state index is 0.0232. The van der Waals surface area contributed by atoms with Gasteiger partial charge in [-0.1, -0.05) is 20.3 Å². The van der Waals surface area contributed by atoms with Gasteiger partial charge in [0, 0.05) is 5.54 Å². The van der Waals surface area contributed by atoms with Crippen molar-refractivity contribution in [3.05, 3.63) is 0 Å². The van der Waals surface area contributed by atoms with Crippen molar-refractivity contribution in [2.45, 2.75) is 64.3 Å². The van der Waals surface area contributed by atoms with Gasteiger partial charge in [0.25, 0.3) is 0 Å². The first-order valence-corrected chi connectivity index (χ1v) is 7.56. The van der Waals surface area contributed by atoms with E-state index in [1.807, 2.05) is 0 Å². The van der Waals surface area contributed by atoms with Gasteiger partial charge in [0.05, 0.1) is 11.8 Å². The molecule has 1 unspecified atom stereocenters. The molecule has 4 nitrogen and oxygen atoms in total. The van der Waals surface area contributed by atoms with Crippen molar-refractivity contribution < 1.29 is 14.7 Å². The normalized spacial score (nSPS) is 32.6. The van der Waals surface area contributed by atoms with Crippen LogP contribution in [-0.2, 0) is 9.59 Å². The third kappa shape index (κ3) is 2.77. The molecule has 2 rings (SSSR count). The Morgan fingerprint density at radius 1 is 1.21 bits per heavy atom. The Labute approximate surface area is 115 Å². The van der Waals surface area contributed by atoms with Crippen LogP contribution in [0.2, 0.25) is 0 Å². The maximum atomic E-state index is 12.4. The first-order valence-electron chi connectivity index (χ1n) is 7.56. The van der Waals surface area contributed by atoms with E-state index in [9.17, 15) is 14.7 Å². The van der Waals surface area contributed by atoms with Crippen molar-refractivity contribution in [2.75, 3.05) is 0 Å². The summed E-state index contributed by atoms with van der Waals surface area (Å²) in [6.07, 6.45) is 6.54. The lowest BCUT2D eigenvalue weighted by Gasteiger charge is -2.42. The molecule has 0 aromatic rings. The van der Waals surface area contributed by atoms with Gasteiger partial charge in [0.15, 0.2) is 0 Å². The number of nitrogens with one attached hydrogen (secondary N) is 1. The van der Waals surface area contributed by atoms with Gasteiger partial charge in [-0.05, 0) is 44.4 Å². The smallest absolute Gasteiger partial charge is 0.307 e. The Balaban J connectivity index is 2.02. The number of carbonyl (C=O) groups excluding carboxylic acids is 1. The van der Waals surface area contributed by atoms with Crippen LogP contribution in [0.1, 0.15) is 58.8 Å². The van der Waals surface area contributed by atoms with Crippen LogP contribution in [0.4, 0.5) is 0 Å². The van der Waals surface area contributed by atoms with Crippen LogP contribution in [-0.4, -0.2) is 22.5 Å². The molecule has 2 aliphatic rings. The van der Waals surface area contributed by atoms with E-state index in [0.29, 0.717) is 12.3 Å². The van der Waals surface area contributed by atoms with Crippen molar-refractivity contribution >= 4 is 11.9 Å². The van der Waals surface area contributed by atoms with Gasteiger partial charge in [-0.25, -0.2) is 0 Å². The lowest BCUT2D eigenvalue weighted by molar-refractivity contribution is -0.146. The Morgan fingerprint density at radius 3 is 2.26 bits per heavy atom. The highest BCUT2D eigenvalue weighted by molar-refractivity contribution is 5.85. The minimum Gasteiger partial charge on any atom is -0.481 e. The zero-order chi connectivity index (χ0) is 14.0. The van der Waals surface area contributed by atoms with E-state index in [1.165, 1.54) is 6.42 Å². The Morgan fingerprint density at radius 2 is 1.84 bits per heavy atom. The summed E-state index contributed by atoms with van der Waals surface area (Å²) < 4.78 is 0. The minimum atomic E-state index is -0.810. The third-order valence-electron chi connectivity index (χ3n) is 5.27. The number of amides is 1. The van der Waals surface area contributed by atoms with Gasteiger partial charge in [0.1, 0.15) is 0 Å². The molecular formula is C15H25NO3. The molecule has 0 spiro atoms. The van der Waals surface area contributed by atoms with Crippen molar-refractivity contribution in [2.24, 2.45) is 17.8 Å². The first-order chi connectivity index (χ1) is 9.01. The Kier molecular flexibility index (Phi) is 4.16. The Hall–Kier alpha value is -1.06. The zero-order valence-corrected chi connectivity index (χ0v) is 11.9. The summed E-state index contributed by atoms with van der Waals surface area (Å²) in [5, 5.41) is 12.4. The van der Waals surface area contributed by atoms with Crippen LogP contribution in [0.3, 0.4) is 0 Å². The molecule has 2 aliphatic carbocycles. The van der Waals surface area contributed by atoms with E-state index >= 15 is 0 Å². The largest absolute Gasteiger partial charge is 0.481 e. The van der Waals surface area contributed by atoms with Crippen LogP contribution in [0, 0.1) is 17.8 Å². The third-order valence-corrected chi connectivity index (χ3v) is 5.27. The topological polar surface area (TPSA) is 66.4 Å². The lowest BCUT2D eigenvalue weighted by Crippen LogP contribution is -2.55. The fourth-order valence-electron chi connectivity index (χ4n) is 3.56. The predicted octanol–water partition coefficient (Wildman–Crippen LogP) is 2.57. The summed E-state index contributed by atoms with van der Waals surface area (Å²) in [4.78, 5) is 23.7. The molecule has 0 saturated heterocycles. The number of carboxylic acids is 1. The summed E-state index contributed by atoms with van der Waals surface area (Å²) in [6, 6.07) is 0. The molecular weight excluding hydrogens is 242 g/mol. The quantitative estimate of drug-likeness (QED) is 0.804. The van der Waals surface area contributed by atoms with Gasteiger partial charge in [0.2, 0.25) is 5.91 Å². The van der Waals surface area contributed by atoms with E-state index in [4.69, 9.17) is 0 Å². The summed E-state index contributed by atoms with van der Waals surface area (Å²) >= 11 is 0.